The second kappa shape index (κ2) is 7.43. The average molecular weight is 296 g/mol. The molecule has 2 saturated heterocycles. The Bertz CT molecular complexity index is 292. The van der Waals surface area contributed by atoms with Crippen LogP contribution >= 0.6 is 0 Å². The largest absolute Gasteiger partial charge is 0.301 e. The van der Waals surface area contributed by atoms with Crippen LogP contribution in [-0.4, -0.2) is 72.1 Å². The molecule has 2 fully saturated rings. The van der Waals surface area contributed by atoms with Gasteiger partial charge in [0.2, 0.25) is 0 Å². The molecule has 0 aromatic rings. The van der Waals surface area contributed by atoms with E-state index in [0.717, 1.165) is 5.92 Å². The molecule has 0 aliphatic carbocycles. The third-order valence-corrected chi connectivity index (χ3v) is 5.55. The number of hydrogen-bond donors (Lipinski definition) is 0. The molecule has 0 bridgehead atoms. The monoisotopic (exact) mass is 295 g/mol. The number of rotatable bonds is 4. The Hall–Kier alpha value is -0.120. The van der Waals surface area contributed by atoms with Gasteiger partial charge in [-0.15, -0.1) is 0 Å². The lowest BCUT2D eigenvalue weighted by atomic mass is 9.90. The molecule has 2 aliphatic heterocycles. The average Bonchev–Trinajstić information content (AvgIpc) is 2.45. The molecule has 0 radical (unpaired) electrons. The fraction of sp³-hybridized carbons (Fsp3) is 1.00. The van der Waals surface area contributed by atoms with Crippen molar-refractivity contribution >= 4 is 0 Å². The molecule has 0 aromatic heterocycles. The van der Waals surface area contributed by atoms with Crippen molar-refractivity contribution in [3.8, 4) is 0 Å². The van der Waals surface area contributed by atoms with Crippen LogP contribution in [0.1, 0.15) is 53.9 Å². The smallest absolute Gasteiger partial charge is 0.0125 e. The predicted octanol–water partition coefficient (Wildman–Crippen LogP) is 2.91. The van der Waals surface area contributed by atoms with Gasteiger partial charge in [0, 0.05) is 37.8 Å². The summed E-state index contributed by atoms with van der Waals surface area (Å²) in [5.74, 6) is 0.965. The van der Waals surface area contributed by atoms with E-state index in [1.54, 1.807) is 0 Å². The summed E-state index contributed by atoms with van der Waals surface area (Å²) in [6.07, 6.45) is 4.23. The summed E-state index contributed by atoms with van der Waals surface area (Å²) in [7, 11) is 0. The van der Waals surface area contributed by atoms with Crippen LogP contribution in [0.25, 0.3) is 0 Å². The Labute approximate surface area is 132 Å². The molecule has 124 valence electrons. The first-order valence-electron chi connectivity index (χ1n) is 9.07. The molecule has 0 aromatic carbocycles. The van der Waals surface area contributed by atoms with Crippen molar-refractivity contribution in [3.63, 3.8) is 0 Å². The van der Waals surface area contributed by atoms with Crippen molar-refractivity contribution in [1.82, 2.24) is 14.7 Å². The zero-order valence-electron chi connectivity index (χ0n) is 15.1. The number of likely N-dealkylation sites (tertiary alicyclic amines) is 1. The summed E-state index contributed by atoms with van der Waals surface area (Å²) in [4.78, 5) is 7.96. The van der Waals surface area contributed by atoms with Crippen LogP contribution in [0.15, 0.2) is 0 Å². The Kier molecular flexibility index (Phi) is 6.10. The summed E-state index contributed by atoms with van der Waals surface area (Å²) < 4.78 is 0. The van der Waals surface area contributed by atoms with Crippen molar-refractivity contribution in [2.24, 2.45) is 5.92 Å². The van der Waals surface area contributed by atoms with E-state index in [1.807, 2.05) is 0 Å². The zero-order chi connectivity index (χ0) is 15.5. The Morgan fingerprint density at radius 1 is 0.905 bits per heavy atom. The van der Waals surface area contributed by atoms with Gasteiger partial charge in [-0.05, 0) is 79.4 Å². The van der Waals surface area contributed by atoms with Crippen molar-refractivity contribution in [2.45, 2.75) is 65.5 Å². The highest BCUT2D eigenvalue weighted by molar-refractivity contribution is 4.82. The quantitative estimate of drug-likeness (QED) is 0.789. The minimum atomic E-state index is 0.359. The van der Waals surface area contributed by atoms with Gasteiger partial charge in [0.15, 0.2) is 0 Å². The molecule has 0 unspecified atom stereocenters. The second-order valence-electron chi connectivity index (χ2n) is 8.36. The molecule has 2 heterocycles. The normalized spacial score (nSPS) is 24.9. The van der Waals surface area contributed by atoms with Crippen molar-refractivity contribution < 1.29 is 0 Å². The molecule has 21 heavy (non-hydrogen) atoms. The van der Waals surface area contributed by atoms with E-state index in [1.165, 1.54) is 65.1 Å². The van der Waals surface area contributed by atoms with Crippen LogP contribution in [0.5, 0.6) is 0 Å². The molecule has 0 spiro atoms. The highest BCUT2D eigenvalue weighted by Crippen LogP contribution is 2.26. The molecule has 2 aliphatic rings. The molecule has 3 heteroatoms. The maximum Gasteiger partial charge on any atom is 0.0125 e. The summed E-state index contributed by atoms with van der Waals surface area (Å²) in [6.45, 7) is 20.7. The van der Waals surface area contributed by atoms with Crippen LogP contribution in [0.4, 0.5) is 0 Å². The van der Waals surface area contributed by atoms with E-state index in [-0.39, 0.29) is 0 Å². The van der Waals surface area contributed by atoms with E-state index in [0.29, 0.717) is 11.6 Å². The Morgan fingerprint density at radius 2 is 1.48 bits per heavy atom. The lowest BCUT2D eigenvalue weighted by molar-refractivity contribution is 0.0728. The van der Waals surface area contributed by atoms with Gasteiger partial charge in [-0.1, -0.05) is 0 Å². The van der Waals surface area contributed by atoms with Crippen LogP contribution in [0.3, 0.4) is 0 Å². The summed E-state index contributed by atoms with van der Waals surface area (Å²) in [5, 5.41) is 0. The van der Waals surface area contributed by atoms with Crippen LogP contribution < -0.4 is 0 Å². The molecule has 0 N–H and O–H groups in total. The lowest BCUT2D eigenvalue weighted by Crippen LogP contribution is -2.49. The van der Waals surface area contributed by atoms with E-state index in [4.69, 9.17) is 0 Å². The molecular weight excluding hydrogens is 258 g/mol. The SMILES string of the molecule is CC(C)N1CCN(CCC2CCN(C(C)(C)C)CC2)CC1. The van der Waals surface area contributed by atoms with E-state index >= 15 is 0 Å². The Morgan fingerprint density at radius 3 is 1.95 bits per heavy atom. The molecular formula is C18H37N3. The van der Waals surface area contributed by atoms with Gasteiger partial charge in [-0.25, -0.2) is 0 Å². The minimum absolute atomic E-state index is 0.359. The Balaban J connectivity index is 1.62. The maximum atomic E-state index is 2.69. The van der Waals surface area contributed by atoms with Gasteiger partial charge in [0.05, 0.1) is 0 Å². The van der Waals surface area contributed by atoms with Gasteiger partial charge >= 0.3 is 0 Å². The number of piperazine rings is 1. The van der Waals surface area contributed by atoms with E-state index in [9.17, 15) is 0 Å². The first kappa shape index (κ1) is 17.2. The van der Waals surface area contributed by atoms with Crippen LogP contribution in [0.2, 0.25) is 0 Å². The van der Waals surface area contributed by atoms with Crippen molar-refractivity contribution in [2.75, 3.05) is 45.8 Å². The first-order valence-corrected chi connectivity index (χ1v) is 9.07. The zero-order valence-corrected chi connectivity index (χ0v) is 15.1. The fourth-order valence-electron chi connectivity index (χ4n) is 3.76. The third-order valence-electron chi connectivity index (χ3n) is 5.55. The fourth-order valence-corrected chi connectivity index (χ4v) is 3.76. The molecule has 0 saturated carbocycles. The van der Waals surface area contributed by atoms with E-state index in [2.05, 4.69) is 49.3 Å². The summed E-state index contributed by atoms with van der Waals surface area (Å²) >= 11 is 0. The molecule has 2 rings (SSSR count). The molecule has 0 atom stereocenters. The second-order valence-corrected chi connectivity index (χ2v) is 8.36. The summed E-state index contributed by atoms with van der Waals surface area (Å²) in [6, 6.07) is 0.717. The lowest BCUT2D eigenvalue weighted by Gasteiger charge is -2.42. The topological polar surface area (TPSA) is 9.72 Å². The van der Waals surface area contributed by atoms with Crippen LogP contribution in [-0.2, 0) is 0 Å². The summed E-state index contributed by atoms with van der Waals surface area (Å²) in [5.41, 5.74) is 0.359. The highest BCUT2D eigenvalue weighted by Gasteiger charge is 2.27. The van der Waals surface area contributed by atoms with Gasteiger partial charge in [0.25, 0.3) is 0 Å². The first-order chi connectivity index (χ1) is 9.86. The number of piperidine rings is 1. The molecule has 0 amide bonds. The predicted molar refractivity (Wildman–Crippen MR) is 91.8 cm³/mol. The standard InChI is InChI=1S/C18H37N3/c1-16(2)20-14-12-19(13-15-20)9-6-17-7-10-21(11-8-17)18(3,4)5/h16-17H,6-15H2,1-5H3. The number of hydrogen-bond acceptors (Lipinski definition) is 3. The van der Waals surface area contributed by atoms with E-state index < -0.39 is 0 Å². The highest BCUT2D eigenvalue weighted by atomic mass is 15.3. The van der Waals surface area contributed by atoms with Crippen molar-refractivity contribution in [3.05, 3.63) is 0 Å². The van der Waals surface area contributed by atoms with Gasteiger partial charge < -0.3 is 4.90 Å². The van der Waals surface area contributed by atoms with Gasteiger partial charge in [0.1, 0.15) is 0 Å². The third kappa shape index (κ3) is 5.22. The van der Waals surface area contributed by atoms with Crippen molar-refractivity contribution in [1.29, 1.82) is 0 Å². The number of nitrogens with zero attached hydrogens (tertiary/aromatic N) is 3. The van der Waals surface area contributed by atoms with Gasteiger partial charge in [-0.2, -0.15) is 0 Å². The van der Waals surface area contributed by atoms with Crippen LogP contribution in [0, 0.1) is 5.92 Å². The van der Waals surface area contributed by atoms with Gasteiger partial charge in [-0.3, -0.25) is 9.80 Å². The minimum Gasteiger partial charge on any atom is -0.301 e. The maximum absolute atomic E-state index is 2.69. The molecule has 3 nitrogen and oxygen atoms in total.